The lowest BCUT2D eigenvalue weighted by atomic mass is 10.1. The van der Waals surface area contributed by atoms with Gasteiger partial charge in [0, 0.05) is 17.5 Å². The minimum Gasteiger partial charge on any atom is -0.278 e. The summed E-state index contributed by atoms with van der Waals surface area (Å²) in [5, 5.41) is 9.06. The van der Waals surface area contributed by atoms with E-state index in [-0.39, 0.29) is 10.8 Å². The number of alkyl halides is 2. The lowest BCUT2D eigenvalue weighted by Gasteiger charge is -2.19. The van der Waals surface area contributed by atoms with Gasteiger partial charge in [-0.2, -0.15) is 5.26 Å². The average molecular weight is 470 g/mol. The van der Waals surface area contributed by atoms with Crippen molar-refractivity contribution in [3.05, 3.63) is 53.6 Å². The first kappa shape index (κ1) is 17.1. The van der Waals surface area contributed by atoms with E-state index in [1.807, 2.05) is 6.07 Å². The summed E-state index contributed by atoms with van der Waals surface area (Å²) in [5.74, 6) is -0.278. The number of hydrogen-bond acceptors (Lipinski definition) is 4. The number of benzene rings is 2. The van der Waals surface area contributed by atoms with E-state index in [2.05, 4.69) is 31.9 Å². The van der Waals surface area contributed by atoms with Crippen LogP contribution in [0.2, 0.25) is 0 Å². The number of carbonyl (C=O) groups is 1. The molecule has 0 fully saturated rings. The Morgan fingerprint density at radius 1 is 1.12 bits per heavy atom. The molecule has 1 aliphatic heterocycles. The summed E-state index contributed by atoms with van der Waals surface area (Å²) < 4.78 is 22.0. The molecule has 2 aromatic rings. The van der Waals surface area contributed by atoms with E-state index in [0.717, 1.165) is 6.26 Å². The van der Waals surface area contributed by atoms with E-state index in [1.165, 1.54) is 17.0 Å². The van der Waals surface area contributed by atoms with E-state index in [9.17, 15) is 13.2 Å². The van der Waals surface area contributed by atoms with Crippen molar-refractivity contribution in [2.24, 2.45) is 0 Å². The fourth-order valence-electron chi connectivity index (χ4n) is 2.52. The second-order valence-electron chi connectivity index (χ2n) is 5.32. The molecule has 5 nitrogen and oxygen atoms in total. The molecule has 1 aliphatic rings. The molecule has 3 rings (SSSR count). The molecule has 0 aliphatic carbocycles. The first-order valence-corrected chi connectivity index (χ1v) is 10.2. The summed E-state index contributed by atoms with van der Waals surface area (Å²) in [7, 11) is -3.31. The Balaban J connectivity index is 2.14. The van der Waals surface area contributed by atoms with Gasteiger partial charge in [0.2, 0.25) is 0 Å². The molecule has 0 bridgehead atoms. The van der Waals surface area contributed by atoms with Crippen LogP contribution in [-0.2, 0) is 17.9 Å². The maximum absolute atomic E-state index is 12.8. The zero-order valence-electron chi connectivity index (χ0n) is 12.3. The van der Waals surface area contributed by atoms with Gasteiger partial charge in [0.25, 0.3) is 5.91 Å². The zero-order chi connectivity index (χ0) is 17.7. The minimum absolute atomic E-state index is 0.182. The highest BCUT2D eigenvalue weighted by Gasteiger charge is 2.48. The van der Waals surface area contributed by atoms with Gasteiger partial charge in [-0.25, -0.2) is 8.42 Å². The Labute approximate surface area is 156 Å². The van der Waals surface area contributed by atoms with Gasteiger partial charge >= 0.3 is 0 Å². The van der Waals surface area contributed by atoms with Crippen LogP contribution in [-0.4, -0.2) is 20.6 Å². The average Bonchev–Trinajstić information content (AvgIpc) is 2.73. The molecule has 122 valence electrons. The minimum atomic E-state index is -3.31. The van der Waals surface area contributed by atoms with E-state index < -0.39 is 13.1 Å². The van der Waals surface area contributed by atoms with E-state index >= 15 is 0 Å². The second kappa shape index (κ2) is 5.69. The maximum Gasteiger partial charge on any atom is 0.263 e. The lowest BCUT2D eigenvalue weighted by Crippen LogP contribution is -2.28. The molecule has 1 amide bonds. The van der Waals surface area contributed by atoms with Crippen LogP contribution in [0.1, 0.15) is 11.1 Å². The number of rotatable bonds is 2. The van der Waals surface area contributed by atoms with Crippen LogP contribution in [0.4, 0.5) is 11.4 Å². The predicted molar refractivity (Wildman–Crippen MR) is 97.4 cm³/mol. The first-order chi connectivity index (χ1) is 11.2. The normalized spacial score (nSPS) is 15.9. The molecule has 0 saturated heterocycles. The predicted octanol–water partition coefficient (Wildman–Crippen LogP) is 3.58. The van der Waals surface area contributed by atoms with Gasteiger partial charge in [-0.1, -0.05) is 31.9 Å². The lowest BCUT2D eigenvalue weighted by molar-refractivity contribution is -0.117. The van der Waals surface area contributed by atoms with E-state index in [4.69, 9.17) is 5.26 Å². The summed E-state index contributed by atoms with van der Waals surface area (Å²) in [6, 6.07) is 13.1. The monoisotopic (exact) mass is 468 g/mol. The second-order valence-corrected chi connectivity index (χ2v) is 10.8. The molecule has 0 N–H and O–H groups in total. The number of halogens is 2. The first-order valence-electron chi connectivity index (χ1n) is 6.73. The largest absolute Gasteiger partial charge is 0.278 e. The number of carbonyl (C=O) groups excluding carboxylic acids is 1. The van der Waals surface area contributed by atoms with Crippen molar-refractivity contribution in [3.8, 4) is 6.07 Å². The number of hydrogen-bond donors (Lipinski definition) is 0. The molecular formula is C16H10Br2N2O3S. The van der Waals surface area contributed by atoms with Gasteiger partial charge < -0.3 is 0 Å². The van der Waals surface area contributed by atoms with Crippen LogP contribution in [0.15, 0.2) is 47.4 Å². The number of amides is 1. The standard InChI is InChI=1S/C16H10Br2N2O3S/c1-24(22,23)12-5-3-11(4-6-12)20-14-7-2-10(9-19)8-13(14)16(17,18)15(20)21/h2-8H,1H3. The Kier molecular flexibility index (Phi) is 4.06. The van der Waals surface area contributed by atoms with Gasteiger partial charge in [-0.3, -0.25) is 9.69 Å². The van der Waals surface area contributed by atoms with Crippen molar-refractivity contribution in [2.45, 2.75) is 8.13 Å². The van der Waals surface area contributed by atoms with Crippen molar-refractivity contribution < 1.29 is 13.2 Å². The fraction of sp³-hybridized carbons (Fsp3) is 0.125. The molecule has 0 atom stereocenters. The zero-order valence-corrected chi connectivity index (χ0v) is 16.3. The molecule has 0 radical (unpaired) electrons. The maximum atomic E-state index is 12.8. The fourth-order valence-corrected chi connectivity index (χ4v) is 4.14. The quantitative estimate of drug-likeness (QED) is 0.629. The highest BCUT2D eigenvalue weighted by molar-refractivity contribution is 9.25. The van der Waals surface area contributed by atoms with Crippen molar-refractivity contribution >= 4 is 59.0 Å². The molecule has 0 spiro atoms. The van der Waals surface area contributed by atoms with Crippen LogP contribution < -0.4 is 4.90 Å². The van der Waals surface area contributed by atoms with Gasteiger partial charge in [0.15, 0.2) is 13.1 Å². The van der Waals surface area contributed by atoms with Gasteiger partial charge in [0.05, 0.1) is 22.2 Å². The Hall–Kier alpha value is -1.69. The van der Waals surface area contributed by atoms with Crippen LogP contribution in [0.25, 0.3) is 0 Å². The molecule has 0 aromatic heterocycles. The summed E-state index contributed by atoms with van der Waals surface area (Å²) in [5.41, 5.74) is 2.23. The Bertz CT molecular complexity index is 993. The van der Waals surface area contributed by atoms with Crippen LogP contribution >= 0.6 is 31.9 Å². The Morgan fingerprint density at radius 2 is 1.75 bits per heavy atom. The van der Waals surface area contributed by atoms with Gasteiger partial charge in [-0.05, 0) is 42.5 Å². The number of anilines is 2. The van der Waals surface area contributed by atoms with Gasteiger partial charge in [0.1, 0.15) is 0 Å². The highest BCUT2D eigenvalue weighted by atomic mass is 79.9. The van der Waals surface area contributed by atoms with Gasteiger partial charge in [-0.15, -0.1) is 0 Å². The summed E-state index contributed by atoms with van der Waals surface area (Å²) in [6.45, 7) is 0. The SMILES string of the molecule is CS(=O)(=O)c1ccc(N2C(=O)C(Br)(Br)c3cc(C#N)ccc32)cc1. The topological polar surface area (TPSA) is 78.2 Å². The number of nitriles is 1. The summed E-state index contributed by atoms with van der Waals surface area (Å²) in [6.07, 6.45) is 1.13. The van der Waals surface area contributed by atoms with E-state index in [0.29, 0.717) is 22.5 Å². The van der Waals surface area contributed by atoms with E-state index in [1.54, 1.807) is 30.3 Å². The molecule has 8 heteroatoms. The molecule has 0 saturated carbocycles. The summed E-state index contributed by atoms with van der Waals surface area (Å²) in [4.78, 5) is 14.5. The van der Waals surface area contributed by atoms with Crippen LogP contribution in [0, 0.1) is 11.3 Å². The summed E-state index contributed by atoms with van der Waals surface area (Å²) >= 11 is 6.75. The van der Waals surface area contributed by atoms with Crippen molar-refractivity contribution in [2.75, 3.05) is 11.2 Å². The van der Waals surface area contributed by atoms with Crippen molar-refractivity contribution in [1.82, 2.24) is 0 Å². The third-order valence-electron chi connectivity index (χ3n) is 3.70. The molecule has 1 heterocycles. The van der Waals surface area contributed by atoms with Crippen LogP contribution in [0.5, 0.6) is 0 Å². The number of sulfone groups is 1. The van der Waals surface area contributed by atoms with Crippen molar-refractivity contribution in [3.63, 3.8) is 0 Å². The smallest absolute Gasteiger partial charge is 0.263 e. The van der Waals surface area contributed by atoms with Crippen LogP contribution in [0.3, 0.4) is 0 Å². The molecule has 24 heavy (non-hydrogen) atoms. The highest BCUT2D eigenvalue weighted by Crippen LogP contribution is 2.53. The third-order valence-corrected chi connectivity index (χ3v) is 6.36. The molecule has 2 aromatic carbocycles. The number of fused-ring (bicyclic) bond motifs is 1. The molecular weight excluding hydrogens is 460 g/mol. The third kappa shape index (κ3) is 2.66. The van der Waals surface area contributed by atoms with Crippen molar-refractivity contribution in [1.29, 1.82) is 5.26 Å². The number of nitrogens with zero attached hydrogens (tertiary/aromatic N) is 2. The Morgan fingerprint density at radius 3 is 2.29 bits per heavy atom. The molecule has 0 unspecified atom stereocenters.